The van der Waals surface area contributed by atoms with Crippen LogP contribution >= 0.6 is 0 Å². The highest BCUT2D eigenvalue weighted by Gasteiger charge is 2.14. The number of carbonyl (C=O) groups excluding carboxylic acids is 1. The topological polar surface area (TPSA) is 74.4 Å². The van der Waals surface area contributed by atoms with Gasteiger partial charge in [-0.25, -0.2) is 9.78 Å². The lowest BCUT2D eigenvalue weighted by atomic mass is 10.2. The number of esters is 1. The van der Waals surface area contributed by atoms with Crippen molar-refractivity contribution in [3.8, 4) is 5.88 Å². The van der Waals surface area contributed by atoms with Crippen LogP contribution in [-0.4, -0.2) is 24.7 Å². The normalized spacial score (nSPS) is 9.88. The van der Waals surface area contributed by atoms with Crippen molar-refractivity contribution in [1.29, 1.82) is 0 Å². The summed E-state index contributed by atoms with van der Waals surface area (Å²) in [6.07, 6.45) is 3.42. The fourth-order valence-corrected chi connectivity index (χ4v) is 1.17. The van der Waals surface area contributed by atoms with E-state index in [1.165, 1.54) is 19.4 Å². The van der Waals surface area contributed by atoms with Crippen LogP contribution in [-0.2, 0) is 4.74 Å². The summed E-state index contributed by atoms with van der Waals surface area (Å²) in [6.45, 7) is 2.60. The number of unbranched alkanes of at least 4 members (excludes halogenated alkanes) is 1. The average molecular weight is 224 g/mol. The highest BCUT2D eigenvalue weighted by atomic mass is 16.5. The Morgan fingerprint density at radius 3 is 2.94 bits per heavy atom. The first-order valence-electron chi connectivity index (χ1n) is 5.16. The van der Waals surface area contributed by atoms with Crippen LogP contribution < -0.4 is 10.5 Å². The van der Waals surface area contributed by atoms with Crippen LogP contribution in [0.1, 0.15) is 30.1 Å². The third kappa shape index (κ3) is 2.85. The number of aromatic nitrogens is 1. The van der Waals surface area contributed by atoms with E-state index in [1.54, 1.807) is 0 Å². The van der Waals surface area contributed by atoms with E-state index in [1.807, 2.05) is 0 Å². The summed E-state index contributed by atoms with van der Waals surface area (Å²) in [4.78, 5) is 15.3. The van der Waals surface area contributed by atoms with Crippen LogP contribution in [0.5, 0.6) is 5.88 Å². The van der Waals surface area contributed by atoms with Crippen LogP contribution in [0.15, 0.2) is 12.3 Å². The Balaban J connectivity index is 2.82. The molecule has 0 saturated heterocycles. The quantitative estimate of drug-likeness (QED) is 0.607. The molecule has 0 bridgehead atoms. The first kappa shape index (κ1) is 12.3. The second-order valence-corrected chi connectivity index (χ2v) is 3.27. The molecule has 0 atom stereocenters. The molecule has 0 unspecified atom stereocenters. The highest BCUT2D eigenvalue weighted by molar-refractivity contribution is 5.95. The fourth-order valence-electron chi connectivity index (χ4n) is 1.17. The van der Waals surface area contributed by atoms with E-state index in [9.17, 15) is 4.79 Å². The Hall–Kier alpha value is -1.78. The average Bonchev–Trinajstić information content (AvgIpc) is 2.30. The van der Waals surface area contributed by atoms with Gasteiger partial charge in [0.2, 0.25) is 5.88 Å². The predicted octanol–water partition coefficient (Wildman–Crippen LogP) is 1.63. The molecular weight excluding hydrogens is 208 g/mol. The summed E-state index contributed by atoms with van der Waals surface area (Å²) in [5.74, 6) is -0.198. The molecule has 0 aliphatic rings. The van der Waals surface area contributed by atoms with Crippen LogP contribution in [0.25, 0.3) is 0 Å². The van der Waals surface area contributed by atoms with E-state index in [-0.39, 0.29) is 17.1 Å². The van der Waals surface area contributed by atoms with Gasteiger partial charge in [0, 0.05) is 6.20 Å². The Kier molecular flexibility index (Phi) is 4.57. The zero-order valence-electron chi connectivity index (χ0n) is 9.53. The third-order valence-electron chi connectivity index (χ3n) is 2.10. The summed E-state index contributed by atoms with van der Waals surface area (Å²) in [7, 11) is 1.31. The molecule has 1 aromatic rings. The lowest BCUT2D eigenvalue weighted by Crippen LogP contribution is -2.09. The molecule has 0 fully saturated rings. The number of pyridine rings is 1. The molecule has 16 heavy (non-hydrogen) atoms. The van der Waals surface area contributed by atoms with Crippen LogP contribution in [0.2, 0.25) is 0 Å². The van der Waals surface area contributed by atoms with E-state index in [0.717, 1.165) is 12.8 Å². The molecule has 88 valence electrons. The van der Waals surface area contributed by atoms with E-state index in [2.05, 4.69) is 16.6 Å². The largest absolute Gasteiger partial charge is 0.476 e. The van der Waals surface area contributed by atoms with E-state index < -0.39 is 5.97 Å². The van der Waals surface area contributed by atoms with E-state index >= 15 is 0 Å². The van der Waals surface area contributed by atoms with Crippen molar-refractivity contribution in [2.75, 3.05) is 19.5 Å². The Morgan fingerprint density at radius 1 is 1.56 bits per heavy atom. The van der Waals surface area contributed by atoms with Crippen molar-refractivity contribution in [3.05, 3.63) is 17.8 Å². The van der Waals surface area contributed by atoms with Crippen LogP contribution in [0.4, 0.5) is 5.69 Å². The van der Waals surface area contributed by atoms with Crippen molar-refractivity contribution < 1.29 is 14.3 Å². The molecule has 2 N–H and O–H groups in total. The number of nitrogen functional groups attached to an aromatic ring is 1. The molecule has 0 radical (unpaired) electrons. The second kappa shape index (κ2) is 5.95. The van der Waals surface area contributed by atoms with Gasteiger partial charge in [0.15, 0.2) is 0 Å². The highest BCUT2D eigenvalue weighted by Crippen LogP contribution is 2.22. The zero-order valence-corrected chi connectivity index (χ0v) is 9.53. The maximum atomic E-state index is 11.3. The number of rotatable bonds is 5. The number of ether oxygens (including phenoxy) is 2. The van der Waals surface area contributed by atoms with Crippen molar-refractivity contribution >= 4 is 11.7 Å². The van der Waals surface area contributed by atoms with Crippen molar-refractivity contribution in [3.63, 3.8) is 0 Å². The minimum Gasteiger partial charge on any atom is -0.476 e. The maximum Gasteiger partial charge on any atom is 0.340 e. The van der Waals surface area contributed by atoms with E-state index in [4.69, 9.17) is 10.5 Å². The molecule has 0 aromatic carbocycles. The number of hydrogen-bond donors (Lipinski definition) is 1. The molecule has 1 aromatic heterocycles. The second-order valence-electron chi connectivity index (χ2n) is 3.27. The molecule has 0 spiro atoms. The number of methoxy groups -OCH3 is 1. The smallest absolute Gasteiger partial charge is 0.340 e. The monoisotopic (exact) mass is 224 g/mol. The summed E-state index contributed by atoms with van der Waals surface area (Å²) in [6, 6.07) is 1.51. The number of nitrogens with zero attached hydrogens (tertiary/aromatic N) is 1. The van der Waals surface area contributed by atoms with Crippen molar-refractivity contribution in [2.24, 2.45) is 0 Å². The minimum absolute atomic E-state index is 0.227. The predicted molar refractivity (Wildman–Crippen MR) is 60.4 cm³/mol. The van der Waals surface area contributed by atoms with Gasteiger partial charge in [-0.05, 0) is 12.5 Å². The summed E-state index contributed by atoms with van der Waals surface area (Å²) < 4.78 is 9.96. The summed E-state index contributed by atoms with van der Waals surface area (Å²) in [5.41, 5.74) is 6.26. The SMILES string of the molecule is CCCCOc1nccc(C(=O)OC)c1N. The molecule has 0 aliphatic carbocycles. The van der Waals surface area contributed by atoms with Gasteiger partial charge in [-0.3, -0.25) is 0 Å². The fraction of sp³-hybridized carbons (Fsp3) is 0.455. The number of nitrogens with two attached hydrogens (primary N) is 1. The standard InChI is InChI=1S/C11H16N2O3/c1-3-4-7-16-10-9(12)8(5-6-13-10)11(14)15-2/h5-6H,3-4,7,12H2,1-2H3. The number of hydrogen-bond acceptors (Lipinski definition) is 5. The van der Waals surface area contributed by atoms with Gasteiger partial charge in [-0.15, -0.1) is 0 Å². The van der Waals surface area contributed by atoms with Gasteiger partial charge in [0.25, 0.3) is 0 Å². The molecule has 0 aliphatic heterocycles. The zero-order chi connectivity index (χ0) is 12.0. The summed E-state index contributed by atoms with van der Waals surface area (Å²) in [5, 5.41) is 0. The molecule has 5 heteroatoms. The van der Waals surface area contributed by atoms with Gasteiger partial charge in [0.05, 0.1) is 19.3 Å². The van der Waals surface area contributed by atoms with Gasteiger partial charge >= 0.3 is 5.97 Å². The Morgan fingerprint density at radius 2 is 2.31 bits per heavy atom. The van der Waals surface area contributed by atoms with E-state index in [0.29, 0.717) is 6.61 Å². The van der Waals surface area contributed by atoms with Gasteiger partial charge in [0.1, 0.15) is 5.69 Å². The van der Waals surface area contributed by atoms with Crippen LogP contribution in [0, 0.1) is 0 Å². The lowest BCUT2D eigenvalue weighted by molar-refractivity contribution is 0.0601. The molecule has 1 heterocycles. The lowest BCUT2D eigenvalue weighted by Gasteiger charge is -2.09. The van der Waals surface area contributed by atoms with Gasteiger partial charge in [-0.2, -0.15) is 0 Å². The van der Waals surface area contributed by atoms with Gasteiger partial charge in [-0.1, -0.05) is 13.3 Å². The number of anilines is 1. The molecule has 0 amide bonds. The van der Waals surface area contributed by atoms with Crippen molar-refractivity contribution in [1.82, 2.24) is 4.98 Å². The summed E-state index contributed by atoms with van der Waals surface area (Å²) >= 11 is 0. The molecular formula is C11H16N2O3. The van der Waals surface area contributed by atoms with Gasteiger partial charge < -0.3 is 15.2 Å². The molecule has 1 rings (SSSR count). The Labute approximate surface area is 94.6 Å². The Bertz CT molecular complexity index is 366. The first-order chi connectivity index (χ1) is 7.70. The van der Waals surface area contributed by atoms with Crippen LogP contribution in [0.3, 0.4) is 0 Å². The molecule has 5 nitrogen and oxygen atoms in total. The number of carbonyl (C=O) groups is 1. The maximum absolute atomic E-state index is 11.3. The minimum atomic E-state index is -0.486. The van der Waals surface area contributed by atoms with Crippen molar-refractivity contribution in [2.45, 2.75) is 19.8 Å². The third-order valence-corrected chi connectivity index (χ3v) is 2.10. The first-order valence-corrected chi connectivity index (χ1v) is 5.16. The molecule has 0 saturated carbocycles.